The maximum atomic E-state index is 13.0. The third-order valence-electron chi connectivity index (χ3n) is 3.73. The standard InChI is InChI=1S/C18H12N2O2S/c1-11(21)17-15(16(22)12-7-3-2-4-8-12)20-14-10-6-5-9-13(14)19-18(20)23-17/h2-10H,1H3. The van der Waals surface area contributed by atoms with Crippen molar-refractivity contribution in [3.63, 3.8) is 0 Å². The summed E-state index contributed by atoms with van der Waals surface area (Å²) in [5.74, 6) is -0.283. The van der Waals surface area contributed by atoms with Gasteiger partial charge in [0.15, 0.2) is 10.7 Å². The maximum Gasteiger partial charge on any atom is 0.211 e. The molecule has 2 aromatic carbocycles. The Morgan fingerprint density at radius 2 is 1.70 bits per heavy atom. The quantitative estimate of drug-likeness (QED) is 0.536. The van der Waals surface area contributed by atoms with Gasteiger partial charge in [-0.1, -0.05) is 53.8 Å². The van der Waals surface area contributed by atoms with Gasteiger partial charge in [-0.2, -0.15) is 0 Å². The second kappa shape index (κ2) is 5.14. The van der Waals surface area contributed by atoms with Crippen LogP contribution in [0.15, 0.2) is 54.6 Å². The first kappa shape index (κ1) is 13.8. The van der Waals surface area contributed by atoms with Gasteiger partial charge in [0, 0.05) is 12.5 Å². The number of hydrogen-bond donors (Lipinski definition) is 0. The molecule has 0 saturated carbocycles. The Morgan fingerprint density at radius 1 is 1.00 bits per heavy atom. The zero-order valence-electron chi connectivity index (χ0n) is 12.3. The summed E-state index contributed by atoms with van der Waals surface area (Å²) in [6.07, 6.45) is 0. The van der Waals surface area contributed by atoms with Gasteiger partial charge in [-0.15, -0.1) is 0 Å². The van der Waals surface area contributed by atoms with E-state index in [1.54, 1.807) is 16.5 Å². The van der Waals surface area contributed by atoms with Gasteiger partial charge in [-0.25, -0.2) is 4.98 Å². The fourth-order valence-electron chi connectivity index (χ4n) is 2.70. The summed E-state index contributed by atoms with van der Waals surface area (Å²) in [6.45, 7) is 1.48. The minimum atomic E-state index is -0.162. The SMILES string of the molecule is CC(=O)c1sc2nc3ccccc3n2c1C(=O)c1ccccc1. The van der Waals surface area contributed by atoms with Crippen LogP contribution < -0.4 is 0 Å². The summed E-state index contributed by atoms with van der Waals surface area (Å²) in [6, 6.07) is 16.6. The molecule has 112 valence electrons. The highest BCUT2D eigenvalue weighted by Crippen LogP contribution is 2.30. The largest absolute Gasteiger partial charge is 0.294 e. The summed E-state index contributed by atoms with van der Waals surface area (Å²) in [4.78, 5) is 30.7. The maximum absolute atomic E-state index is 13.0. The van der Waals surface area contributed by atoms with Crippen molar-refractivity contribution in [3.05, 3.63) is 70.7 Å². The fraction of sp³-hybridized carbons (Fsp3) is 0.0556. The van der Waals surface area contributed by atoms with E-state index in [0.717, 1.165) is 11.0 Å². The second-order valence-corrected chi connectivity index (χ2v) is 6.23. The number of hydrogen-bond acceptors (Lipinski definition) is 4. The summed E-state index contributed by atoms with van der Waals surface area (Å²) < 4.78 is 1.80. The number of nitrogens with zero attached hydrogens (tertiary/aromatic N) is 2. The lowest BCUT2D eigenvalue weighted by Gasteiger charge is -2.03. The van der Waals surface area contributed by atoms with Crippen molar-refractivity contribution in [3.8, 4) is 0 Å². The topological polar surface area (TPSA) is 51.4 Å². The van der Waals surface area contributed by atoms with E-state index in [4.69, 9.17) is 0 Å². The number of para-hydroxylation sites is 2. The van der Waals surface area contributed by atoms with E-state index in [0.29, 0.717) is 21.1 Å². The van der Waals surface area contributed by atoms with Crippen LogP contribution in [0.25, 0.3) is 16.0 Å². The van der Waals surface area contributed by atoms with Crippen LogP contribution in [0.1, 0.15) is 32.6 Å². The van der Waals surface area contributed by atoms with Gasteiger partial charge in [0.2, 0.25) is 5.78 Å². The average Bonchev–Trinajstić information content (AvgIpc) is 3.11. The number of Topliss-reactive ketones (excluding diaryl/α,β-unsaturated/α-hetero) is 1. The predicted molar refractivity (Wildman–Crippen MR) is 90.5 cm³/mol. The smallest absolute Gasteiger partial charge is 0.211 e. The summed E-state index contributed by atoms with van der Waals surface area (Å²) in [5, 5.41) is 0. The molecule has 4 rings (SSSR count). The first-order chi connectivity index (χ1) is 11.2. The van der Waals surface area contributed by atoms with Gasteiger partial charge in [0.1, 0.15) is 10.6 Å². The van der Waals surface area contributed by atoms with Gasteiger partial charge in [-0.3, -0.25) is 14.0 Å². The van der Waals surface area contributed by atoms with E-state index in [-0.39, 0.29) is 11.6 Å². The first-order valence-corrected chi connectivity index (χ1v) is 7.99. The van der Waals surface area contributed by atoms with Crippen molar-refractivity contribution in [2.75, 3.05) is 0 Å². The van der Waals surface area contributed by atoms with Crippen molar-refractivity contribution in [2.24, 2.45) is 0 Å². The number of benzene rings is 2. The molecule has 4 nitrogen and oxygen atoms in total. The molecule has 0 aliphatic heterocycles. The highest BCUT2D eigenvalue weighted by molar-refractivity contribution is 7.19. The van der Waals surface area contributed by atoms with Crippen LogP contribution in [0.5, 0.6) is 0 Å². The normalized spacial score (nSPS) is 11.2. The molecule has 0 aliphatic carbocycles. The lowest BCUT2D eigenvalue weighted by atomic mass is 10.1. The van der Waals surface area contributed by atoms with Gasteiger partial charge in [-0.05, 0) is 12.1 Å². The lowest BCUT2D eigenvalue weighted by Crippen LogP contribution is -2.09. The Morgan fingerprint density at radius 3 is 2.43 bits per heavy atom. The zero-order chi connectivity index (χ0) is 16.0. The minimum Gasteiger partial charge on any atom is -0.294 e. The fourth-order valence-corrected chi connectivity index (χ4v) is 3.73. The number of carbonyl (C=O) groups is 2. The van der Waals surface area contributed by atoms with Gasteiger partial charge in [0.05, 0.1) is 11.0 Å². The highest BCUT2D eigenvalue weighted by atomic mass is 32.1. The van der Waals surface area contributed by atoms with E-state index < -0.39 is 0 Å². The number of thiazole rings is 1. The Hall–Kier alpha value is -2.79. The summed E-state index contributed by atoms with van der Waals surface area (Å²) in [5.41, 5.74) is 2.62. The molecule has 0 fully saturated rings. The number of fused-ring (bicyclic) bond motifs is 3. The number of carbonyl (C=O) groups excluding carboxylic acids is 2. The molecule has 0 radical (unpaired) electrons. The summed E-state index contributed by atoms with van der Waals surface area (Å²) >= 11 is 1.26. The van der Waals surface area contributed by atoms with Crippen molar-refractivity contribution < 1.29 is 9.59 Å². The van der Waals surface area contributed by atoms with Crippen LogP contribution in [-0.4, -0.2) is 21.0 Å². The van der Waals surface area contributed by atoms with Crippen molar-refractivity contribution in [1.82, 2.24) is 9.38 Å². The number of aromatic nitrogens is 2. The molecular formula is C18H12N2O2S. The Bertz CT molecular complexity index is 1060. The number of rotatable bonds is 3. The molecule has 0 atom stereocenters. The van der Waals surface area contributed by atoms with Crippen LogP contribution >= 0.6 is 11.3 Å². The molecule has 0 spiro atoms. The number of ketones is 2. The van der Waals surface area contributed by atoms with Gasteiger partial charge in [0.25, 0.3) is 0 Å². The molecule has 0 N–H and O–H groups in total. The molecule has 2 heterocycles. The zero-order valence-corrected chi connectivity index (χ0v) is 13.1. The van der Waals surface area contributed by atoms with E-state index in [1.165, 1.54) is 18.3 Å². The monoisotopic (exact) mass is 320 g/mol. The summed E-state index contributed by atoms with van der Waals surface area (Å²) in [7, 11) is 0. The van der Waals surface area contributed by atoms with Gasteiger partial charge >= 0.3 is 0 Å². The van der Waals surface area contributed by atoms with E-state index in [9.17, 15) is 9.59 Å². The lowest BCUT2D eigenvalue weighted by molar-refractivity contribution is 0.0991. The van der Waals surface area contributed by atoms with E-state index in [2.05, 4.69) is 4.98 Å². The van der Waals surface area contributed by atoms with Crippen molar-refractivity contribution in [2.45, 2.75) is 6.92 Å². The number of imidazole rings is 1. The van der Waals surface area contributed by atoms with E-state index >= 15 is 0 Å². The molecule has 4 aromatic rings. The molecule has 2 aromatic heterocycles. The molecule has 23 heavy (non-hydrogen) atoms. The van der Waals surface area contributed by atoms with Crippen LogP contribution in [0.3, 0.4) is 0 Å². The molecule has 0 saturated heterocycles. The van der Waals surface area contributed by atoms with Gasteiger partial charge < -0.3 is 0 Å². The second-order valence-electron chi connectivity index (χ2n) is 5.25. The van der Waals surface area contributed by atoms with Crippen LogP contribution in [0.2, 0.25) is 0 Å². The first-order valence-electron chi connectivity index (χ1n) is 7.17. The van der Waals surface area contributed by atoms with Crippen LogP contribution in [0.4, 0.5) is 0 Å². The highest BCUT2D eigenvalue weighted by Gasteiger charge is 2.25. The Kier molecular flexibility index (Phi) is 3.09. The molecule has 0 amide bonds. The van der Waals surface area contributed by atoms with E-state index in [1.807, 2.05) is 42.5 Å². The molecule has 0 bridgehead atoms. The van der Waals surface area contributed by atoms with Crippen LogP contribution in [-0.2, 0) is 0 Å². The molecule has 5 heteroatoms. The third-order valence-corrected chi connectivity index (χ3v) is 4.87. The molecule has 0 aliphatic rings. The Labute approximate surface area is 136 Å². The third kappa shape index (κ3) is 2.09. The van der Waals surface area contributed by atoms with Crippen LogP contribution in [0, 0.1) is 0 Å². The molecule has 0 unspecified atom stereocenters. The average molecular weight is 320 g/mol. The molecular weight excluding hydrogens is 308 g/mol. The van der Waals surface area contributed by atoms with Crippen molar-refractivity contribution in [1.29, 1.82) is 0 Å². The predicted octanol–water partition coefficient (Wildman–Crippen LogP) is 3.98. The Balaban J connectivity index is 2.08. The van der Waals surface area contributed by atoms with Crippen molar-refractivity contribution >= 4 is 38.9 Å². The minimum absolute atomic E-state index is 0.121.